The minimum absolute atomic E-state index is 0.0120. The Morgan fingerprint density at radius 1 is 1.23 bits per heavy atom. The minimum atomic E-state index is -0.569. The highest BCUT2D eigenvalue weighted by Gasteiger charge is 2.24. The molecule has 3 rings (SSSR count). The van der Waals surface area contributed by atoms with E-state index in [9.17, 15) is 14.0 Å². The Labute approximate surface area is 180 Å². The van der Waals surface area contributed by atoms with Crippen LogP contribution in [0.4, 0.5) is 4.39 Å². The van der Waals surface area contributed by atoms with E-state index in [-0.39, 0.29) is 16.5 Å². The quantitative estimate of drug-likeness (QED) is 0.480. The molecule has 0 saturated carbocycles. The second-order valence-electron chi connectivity index (χ2n) is 7.36. The zero-order chi connectivity index (χ0) is 21.8. The first-order chi connectivity index (χ1) is 14.3. The van der Waals surface area contributed by atoms with Crippen LogP contribution in [0.25, 0.3) is 16.6 Å². The molecule has 0 saturated heterocycles. The Morgan fingerprint density at radius 2 is 1.97 bits per heavy atom. The average Bonchev–Trinajstić information content (AvgIpc) is 2.74. The van der Waals surface area contributed by atoms with Crippen LogP contribution < -0.4 is 5.56 Å². The van der Waals surface area contributed by atoms with Crippen LogP contribution in [0.15, 0.2) is 47.3 Å². The van der Waals surface area contributed by atoms with Gasteiger partial charge in [-0.1, -0.05) is 43.5 Å². The van der Waals surface area contributed by atoms with E-state index in [2.05, 4.69) is 6.92 Å². The number of benzene rings is 2. The fraction of sp³-hybridized carbons (Fsp3) is 0.348. The van der Waals surface area contributed by atoms with Gasteiger partial charge in [0, 0.05) is 13.5 Å². The molecule has 0 aliphatic carbocycles. The number of hydrogen-bond acceptors (Lipinski definition) is 3. The third-order valence-electron chi connectivity index (χ3n) is 5.31. The number of carbonyl (C=O) groups is 1. The summed E-state index contributed by atoms with van der Waals surface area (Å²) in [6, 6.07) is 10.7. The summed E-state index contributed by atoms with van der Waals surface area (Å²) in [4.78, 5) is 32.3. The molecule has 1 aromatic heterocycles. The first-order valence-electron chi connectivity index (χ1n) is 10.1. The number of rotatable bonds is 7. The van der Waals surface area contributed by atoms with E-state index in [1.807, 2.05) is 13.0 Å². The minimum Gasteiger partial charge on any atom is -0.336 e. The second-order valence-corrected chi connectivity index (χ2v) is 7.77. The van der Waals surface area contributed by atoms with Crippen LogP contribution >= 0.6 is 11.6 Å². The van der Waals surface area contributed by atoms with Crippen molar-refractivity contribution in [3.8, 4) is 5.69 Å². The topological polar surface area (TPSA) is 55.2 Å². The van der Waals surface area contributed by atoms with Gasteiger partial charge in [0.15, 0.2) is 0 Å². The van der Waals surface area contributed by atoms with E-state index in [0.717, 1.165) is 19.3 Å². The third kappa shape index (κ3) is 4.38. The van der Waals surface area contributed by atoms with Gasteiger partial charge in [-0.05, 0) is 43.7 Å². The first kappa shape index (κ1) is 22.0. The smallest absolute Gasteiger partial charge is 0.266 e. The van der Waals surface area contributed by atoms with E-state index in [1.165, 1.54) is 22.8 Å². The number of fused-ring (bicyclic) bond motifs is 1. The summed E-state index contributed by atoms with van der Waals surface area (Å²) in [7, 11) is 1.71. The first-order valence-corrected chi connectivity index (χ1v) is 10.5. The molecular weight excluding hydrogens is 405 g/mol. The number of unbranched alkanes of at least 4 members (excludes halogenated alkanes) is 2. The fourth-order valence-electron chi connectivity index (χ4n) is 3.40. The molecule has 30 heavy (non-hydrogen) atoms. The normalized spacial score (nSPS) is 12.2. The number of carbonyl (C=O) groups excluding carboxylic acids is 1. The fourth-order valence-corrected chi connectivity index (χ4v) is 3.57. The van der Waals surface area contributed by atoms with Crippen molar-refractivity contribution in [1.29, 1.82) is 0 Å². The van der Waals surface area contributed by atoms with E-state index in [0.29, 0.717) is 28.8 Å². The van der Waals surface area contributed by atoms with Gasteiger partial charge in [0.1, 0.15) is 11.6 Å². The zero-order valence-corrected chi connectivity index (χ0v) is 18.1. The molecule has 0 N–H and O–H groups in total. The molecule has 1 heterocycles. The molecule has 1 unspecified atom stereocenters. The van der Waals surface area contributed by atoms with E-state index in [1.54, 1.807) is 30.1 Å². The number of halogens is 2. The Morgan fingerprint density at radius 3 is 2.67 bits per heavy atom. The SMILES string of the molecule is CCCCCC(=O)N(C)C(C)c1nc2ccccc2c(=O)n1-c1ccc(F)c(Cl)c1. The predicted octanol–water partition coefficient (Wildman–Crippen LogP) is 5.28. The Balaban J connectivity index is 2.13. The van der Waals surface area contributed by atoms with Crippen LogP contribution in [0.3, 0.4) is 0 Å². The molecule has 0 bridgehead atoms. The van der Waals surface area contributed by atoms with Crippen molar-refractivity contribution in [1.82, 2.24) is 14.5 Å². The van der Waals surface area contributed by atoms with Crippen LogP contribution in [0.5, 0.6) is 0 Å². The number of amides is 1. The van der Waals surface area contributed by atoms with Crippen molar-refractivity contribution in [3.63, 3.8) is 0 Å². The van der Waals surface area contributed by atoms with Crippen LogP contribution in [-0.2, 0) is 4.79 Å². The molecule has 0 radical (unpaired) electrons. The molecular formula is C23H25ClFN3O2. The summed E-state index contributed by atoms with van der Waals surface area (Å²) in [5, 5.41) is 0.348. The van der Waals surface area contributed by atoms with E-state index < -0.39 is 11.9 Å². The van der Waals surface area contributed by atoms with Gasteiger partial charge in [0.25, 0.3) is 5.56 Å². The van der Waals surface area contributed by atoms with E-state index in [4.69, 9.17) is 16.6 Å². The molecule has 0 fully saturated rings. The van der Waals surface area contributed by atoms with Gasteiger partial charge in [-0.3, -0.25) is 14.2 Å². The maximum Gasteiger partial charge on any atom is 0.266 e. The van der Waals surface area contributed by atoms with Crippen molar-refractivity contribution < 1.29 is 9.18 Å². The van der Waals surface area contributed by atoms with Crippen LogP contribution in [0, 0.1) is 5.82 Å². The van der Waals surface area contributed by atoms with Crippen molar-refractivity contribution >= 4 is 28.4 Å². The molecule has 0 aliphatic heterocycles. The monoisotopic (exact) mass is 429 g/mol. The summed E-state index contributed by atoms with van der Waals surface area (Å²) < 4.78 is 15.1. The van der Waals surface area contributed by atoms with Gasteiger partial charge in [-0.15, -0.1) is 0 Å². The highest BCUT2D eigenvalue weighted by Crippen LogP contribution is 2.25. The summed E-state index contributed by atoms with van der Waals surface area (Å²) in [6.07, 6.45) is 3.28. The number of hydrogen-bond donors (Lipinski definition) is 0. The molecule has 0 aliphatic rings. The lowest BCUT2D eigenvalue weighted by Crippen LogP contribution is -2.34. The lowest BCUT2D eigenvalue weighted by molar-refractivity contribution is -0.132. The van der Waals surface area contributed by atoms with Crippen LogP contribution in [-0.4, -0.2) is 27.4 Å². The number of para-hydroxylation sites is 1. The Hall–Kier alpha value is -2.73. The van der Waals surface area contributed by atoms with Gasteiger partial charge < -0.3 is 4.90 Å². The van der Waals surface area contributed by atoms with Gasteiger partial charge in [-0.25, -0.2) is 9.37 Å². The largest absolute Gasteiger partial charge is 0.336 e. The highest BCUT2D eigenvalue weighted by molar-refractivity contribution is 6.30. The zero-order valence-electron chi connectivity index (χ0n) is 17.4. The van der Waals surface area contributed by atoms with Gasteiger partial charge >= 0.3 is 0 Å². The predicted molar refractivity (Wildman–Crippen MR) is 118 cm³/mol. The number of nitrogens with zero attached hydrogens (tertiary/aromatic N) is 3. The Bertz CT molecular complexity index is 1130. The van der Waals surface area contributed by atoms with Crippen molar-refractivity contribution in [2.24, 2.45) is 0 Å². The summed E-state index contributed by atoms with van der Waals surface area (Å²) in [6.45, 7) is 3.91. The molecule has 158 valence electrons. The van der Waals surface area contributed by atoms with Gasteiger partial charge in [0.2, 0.25) is 5.91 Å². The molecule has 2 aromatic carbocycles. The molecule has 1 atom stereocenters. The number of aromatic nitrogens is 2. The highest BCUT2D eigenvalue weighted by atomic mass is 35.5. The van der Waals surface area contributed by atoms with Crippen LogP contribution in [0.1, 0.15) is 51.4 Å². The maximum absolute atomic E-state index is 13.7. The van der Waals surface area contributed by atoms with E-state index >= 15 is 0 Å². The van der Waals surface area contributed by atoms with Crippen molar-refractivity contribution in [2.45, 2.75) is 45.6 Å². The second kappa shape index (κ2) is 9.39. The summed E-state index contributed by atoms with van der Waals surface area (Å²) >= 11 is 5.97. The molecule has 3 aromatic rings. The standard InChI is InChI=1S/C23H25ClFN3O2/c1-4-5-6-11-21(29)27(3)15(2)22-26-20-10-8-7-9-17(20)23(30)28(22)16-12-13-19(25)18(24)14-16/h7-10,12-15H,4-6,11H2,1-3H3. The van der Waals surface area contributed by atoms with Crippen molar-refractivity contribution in [2.75, 3.05) is 7.05 Å². The maximum atomic E-state index is 13.7. The van der Waals surface area contributed by atoms with Crippen LogP contribution in [0.2, 0.25) is 5.02 Å². The van der Waals surface area contributed by atoms with Gasteiger partial charge in [-0.2, -0.15) is 0 Å². The molecule has 7 heteroatoms. The molecule has 5 nitrogen and oxygen atoms in total. The lowest BCUT2D eigenvalue weighted by Gasteiger charge is -2.27. The summed E-state index contributed by atoms with van der Waals surface area (Å²) in [5.74, 6) is -0.185. The van der Waals surface area contributed by atoms with Crippen molar-refractivity contribution in [3.05, 3.63) is 69.5 Å². The third-order valence-corrected chi connectivity index (χ3v) is 5.59. The molecule has 1 amide bonds. The Kier molecular flexibility index (Phi) is 6.87. The lowest BCUT2D eigenvalue weighted by atomic mass is 10.1. The molecule has 0 spiro atoms. The summed E-state index contributed by atoms with van der Waals surface area (Å²) in [5.41, 5.74) is 0.649. The van der Waals surface area contributed by atoms with Gasteiger partial charge in [0.05, 0.1) is 27.7 Å². The average molecular weight is 430 g/mol.